The average Bonchev–Trinajstić information content (AvgIpc) is 2.89. The Bertz CT molecular complexity index is 1760. The number of benzene rings is 4. The molecule has 0 radical (unpaired) electrons. The van der Waals surface area contributed by atoms with Crippen LogP contribution in [-0.2, 0) is 10.1 Å². The van der Waals surface area contributed by atoms with Gasteiger partial charge >= 0.3 is 10.1 Å². The molecule has 5 rings (SSSR count). The summed E-state index contributed by atoms with van der Waals surface area (Å²) in [7, 11) is -4.47. The summed E-state index contributed by atoms with van der Waals surface area (Å²) >= 11 is 0. The Morgan fingerprint density at radius 1 is 0.763 bits per heavy atom. The number of ketones is 2. The van der Waals surface area contributed by atoms with Crippen LogP contribution < -0.4 is 9.50 Å². The monoisotopic (exact) mass is 528 g/mol. The van der Waals surface area contributed by atoms with Gasteiger partial charge in [0.1, 0.15) is 10.5 Å². The summed E-state index contributed by atoms with van der Waals surface area (Å²) in [5.74, 6) is -1.96. The van der Waals surface area contributed by atoms with Crippen molar-refractivity contribution in [2.75, 3.05) is 5.32 Å². The summed E-state index contributed by atoms with van der Waals surface area (Å²) in [5, 5.41) is 14.8. The van der Waals surface area contributed by atoms with Gasteiger partial charge in [0.2, 0.25) is 5.78 Å². The lowest BCUT2D eigenvalue weighted by Crippen LogP contribution is -2.24. The Morgan fingerprint density at radius 2 is 1.45 bits per heavy atom. The van der Waals surface area contributed by atoms with Gasteiger partial charge in [0.05, 0.1) is 16.2 Å². The number of hydrogen-bond donors (Lipinski definition) is 1. The quantitative estimate of drug-likeness (QED) is 0.174. The van der Waals surface area contributed by atoms with Crippen molar-refractivity contribution in [3.63, 3.8) is 0 Å². The molecule has 4 aromatic carbocycles. The number of nitro groups is 1. The molecule has 0 aliphatic heterocycles. The van der Waals surface area contributed by atoms with Crippen LogP contribution in [0, 0.1) is 24.0 Å². The third-order valence-corrected chi connectivity index (χ3v) is 7.49. The number of hydrogen-bond acceptors (Lipinski definition) is 8. The molecule has 1 aliphatic rings. The van der Waals surface area contributed by atoms with Crippen molar-refractivity contribution in [2.24, 2.45) is 0 Å². The Kier molecular flexibility index (Phi) is 6.04. The zero-order chi connectivity index (χ0) is 27.2. The molecule has 0 saturated carbocycles. The molecule has 0 heterocycles. The van der Waals surface area contributed by atoms with Gasteiger partial charge < -0.3 is 9.50 Å². The molecule has 0 fully saturated rings. The topological polar surface area (TPSA) is 133 Å². The second-order valence-electron chi connectivity index (χ2n) is 8.77. The molecule has 1 N–H and O–H groups in total. The number of para-hydroxylation sites is 1. The summed E-state index contributed by atoms with van der Waals surface area (Å²) < 4.78 is 32.2. The molecule has 0 bridgehead atoms. The summed E-state index contributed by atoms with van der Waals surface area (Å²) in [4.78, 5) is 37.9. The van der Waals surface area contributed by atoms with E-state index in [9.17, 15) is 28.1 Å². The fourth-order valence-electron chi connectivity index (χ4n) is 4.29. The van der Waals surface area contributed by atoms with Gasteiger partial charge in [0.15, 0.2) is 11.5 Å². The van der Waals surface area contributed by atoms with Crippen molar-refractivity contribution in [3.05, 3.63) is 122 Å². The van der Waals surface area contributed by atoms with Crippen molar-refractivity contribution in [3.8, 4) is 5.75 Å². The molecule has 190 valence electrons. The molecule has 0 amide bonds. The first-order chi connectivity index (χ1) is 18.1. The molecule has 9 nitrogen and oxygen atoms in total. The van der Waals surface area contributed by atoms with Gasteiger partial charge in [-0.3, -0.25) is 19.7 Å². The van der Waals surface area contributed by atoms with Gasteiger partial charge in [-0.2, -0.15) is 8.42 Å². The zero-order valence-corrected chi connectivity index (χ0v) is 21.0. The fourth-order valence-corrected chi connectivity index (χ4v) is 5.25. The van der Waals surface area contributed by atoms with Crippen molar-refractivity contribution in [1.29, 1.82) is 0 Å². The minimum Gasteiger partial charge on any atom is -0.376 e. The van der Waals surface area contributed by atoms with Crippen LogP contribution in [0.3, 0.4) is 0 Å². The number of nitrogens with zero attached hydrogens (tertiary/aromatic N) is 1. The van der Waals surface area contributed by atoms with E-state index in [2.05, 4.69) is 5.32 Å². The fraction of sp³-hybridized carbons (Fsp3) is 0.0714. The molecular weight excluding hydrogens is 508 g/mol. The SMILES string of the molecule is Cc1ccc(S(=O)(=O)Oc2c(Nc3ccccc3C)ccc3c2C(=O)c2c(cccc2[N+](=O)[O-])C3=O)cc1. The zero-order valence-electron chi connectivity index (χ0n) is 20.2. The van der Waals surface area contributed by atoms with E-state index < -0.39 is 43.6 Å². The highest BCUT2D eigenvalue weighted by Gasteiger charge is 2.39. The first-order valence-electron chi connectivity index (χ1n) is 11.5. The number of fused-ring (bicyclic) bond motifs is 2. The van der Waals surface area contributed by atoms with E-state index in [0.29, 0.717) is 5.69 Å². The van der Waals surface area contributed by atoms with Crippen LogP contribution in [0.25, 0.3) is 0 Å². The minimum atomic E-state index is -4.47. The third kappa shape index (κ3) is 4.20. The maximum Gasteiger partial charge on any atom is 0.339 e. The summed E-state index contributed by atoms with van der Waals surface area (Å²) in [6.07, 6.45) is 0. The van der Waals surface area contributed by atoms with Crippen LogP contribution in [0.4, 0.5) is 17.1 Å². The first kappa shape index (κ1) is 24.8. The van der Waals surface area contributed by atoms with Gasteiger partial charge in [0.25, 0.3) is 5.69 Å². The number of nitrogens with one attached hydrogen (secondary N) is 1. The van der Waals surface area contributed by atoms with Gasteiger partial charge in [-0.15, -0.1) is 0 Å². The number of carbonyl (C=O) groups is 2. The number of aryl methyl sites for hydroxylation is 2. The lowest BCUT2D eigenvalue weighted by atomic mass is 9.82. The highest BCUT2D eigenvalue weighted by molar-refractivity contribution is 7.87. The van der Waals surface area contributed by atoms with Crippen molar-refractivity contribution in [1.82, 2.24) is 0 Å². The molecule has 0 spiro atoms. The van der Waals surface area contributed by atoms with Crippen LogP contribution in [0.1, 0.15) is 43.0 Å². The van der Waals surface area contributed by atoms with Crippen molar-refractivity contribution < 1.29 is 27.1 Å². The standard InChI is InChI=1S/C28H20N2O7S/c1-16-10-12-18(13-11-16)38(35,36)37-28-22(29-21-8-4-3-6-17(21)2)15-14-20-25(28)27(32)24-19(26(20)31)7-5-9-23(24)30(33)34/h3-15,29H,1-2H3. The molecule has 4 aromatic rings. The highest BCUT2D eigenvalue weighted by Crippen LogP contribution is 2.42. The van der Waals surface area contributed by atoms with Crippen LogP contribution in [0.15, 0.2) is 83.8 Å². The van der Waals surface area contributed by atoms with Crippen LogP contribution in [0.5, 0.6) is 5.75 Å². The van der Waals surface area contributed by atoms with E-state index >= 15 is 0 Å². The number of carbonyl (C=O) groups excluding carboxylic acids is 2. The predicted molar refractivity (Wildman–Crippen MR) is 140 cm³/mol. The lowest BCUT2D eigenvalue weighted by Gasteiger charge is -2.23. The van der Waals surface area contributed by atoms with Crippen molar-refractivity contribution in [2.45, 2.75) is 18.7 Å². The largest absolute Gasteiger partial charge is 0.376 e. The molecule has 0 saturated heterocycles. The maximum atomic E-state index is 13.8. The molecule has 10 heteroatoms. The Hall–Kier alpha value is -4.83. The van der Waals surface area contributed by atoms with E-state index in [1.165, 1.54) is 36.4 Å². The molecule has 0 unspecified atom stereocenters. The van der Waals surface area contributed by atoms with Gasteiger partial charge in [-0.05, 0) is 55.8 Å². The second kappa shape index (κ2) is 9.24. The van der Waals surface area contributed by atoms with Gasteiger partial charge in [-0.25, -0.2) is 0 Å². The van der Waals surface area contributed by atoms with E-state index in [1.807, 2.05) is 19.1 Å². The summed E-state index contributed by atoms with van der Waals surface area (Å²) in [5.41, 5.74) is 0.746. The van der Waals surface area contributed by atoms with Crippen molar-refractivity contribution >= 4 is 38.7 Å². The molecule has 1 aliphatic carbocycles. The number of anilines is 2. The molecule has 38 heavy (non-hydrogen) atoms. The van der Waals surface area contributed by atoms with Crippen LogP contribution in [0.2, 0.25) is 0 Å². The molecular formula is C28H20N2O7S. The highest BCUT2D eigenvalue weighted by atomic mass is 32.2. The summed E-state index contributed by atoms with van der Waals surface area (Å²) in [6, 6.07) is 19.7. The van der Waals surface area contributed by atoms with Crippen LogP contribution >= 0.6 is 0 Å². The van der Waals surface area contributed by atoms with Gasteiger partial charge in [-0.1, -0.05) is 42.0 Å². The summed E-state index contributed by atoms with van der Waals surface area (Å²) in [6.45, 7) is 3.63. The Balaban J connectivity index is 1.75. The molecule has 0 aromatic heterocycles. The second-order valence-corrected chi connectivity index (χ2v) is 10.3. The van der Waals surface area contributed by atoms with E-state index in [-0.39, 0.29) is 27.3 Å². The predicted octanol–water partition coefficient (Wildman–Crippen LogP) is 5.50. The normalized spacial score (nSPS) is 12.5. The maximum absolute atomic E-state index is 13.8. The Morgan fingerprint density at radius 3 is 2.13 bits per heavy atom. The van der Waals surface area contributed by atoms with E-state index in [1.54, 1.807) is 31.2 Å². The smallest absolute Gasteiger partial charge is 0.339 e. The average molecular weight is 529 g/mol. The third-order valence-electron chi connectivity index (χ3n) is 6.26. The van der Waals surface area contributed by atoms with Gasteiger partial charge in [0, 0.05) is 22.9 Å². The number of nitro benzene ring substituents is 1. The van der Waals surface area contributed by atoms with E-state index in [4.69, 9.17) is 4.18 Å². The van der Waals surface area contributed by atoms with E-state index in [0.717, 1.165) is 17.2 Å². The number of rotatable bonds is 6. The lowest BCUT2D eigenvalue weighted by molar-refractivity contribution is -0.385. The Labute approximate surface area is 218 Å². The van der Waals surface area contributed by atoms with Crippen LogP contribution in [-0.4, -0.2) is 24.9 Å². The minimum absolute atomic E-state index is 0.0944. The first-order valence-corrected chi connectivity index (χ1v) is 12.9. The molecule has 0 atom stereocenters.